The third-order valence-corrected chi connectivity index (χ3v) is 4.52. The minimum atomic E-state index is -0.677. The molecule has 0 radical (unpaired) electrons. The summed E-state index contributed by atoms with van der Waals surface area (Å²) in [5.74, 6) is -0.223. The van der Waals surface area contributed by atoms with E-state index in [4.69, 9.17) is 0 Å². The Balaban J connectivity index is 1.73. The van der Waals surface area contributed by atoms with Gasteiger partial charge in [-0.25, -0.2) is 4.98 Å². The summed E-state index contributed by atoms with van der Waals surface area (Å²) in [4.78, 5) is 30.0. The molecule has 0 aliphatic rings. The van der Waals surface area contributed by atoms with Crippen molar-refractivity contribution in [1.29, 1.82) is 0 Å². The number of carbonyl (C=O) groups is 1. The molecule has 4 rings (SSSR count). The van der Waals surface area contributed by atoms with Crippen LogP contribution < -0.4 is 10.9 Å². The lowest BCUT2D eigenvalue weighted by molar-refractivity contribution is -0.124. The van der Waals surface area contributed by atoms with E-state index in [-0.39, 0.29) is 11.5 Å². The van der Waals surface area contributed by atoms with Crippen LogP contribution in [0.5, 0.6) is 0 Å². The third-order valence-electron chi connectivity index (χ3n) is 4.52. The molecule has 0 spiro atoms. The van der Waals surface area contributed by atoms with Crippen LogP contribution in [-0.4, -0.2) is 19.9 Å². The first kappa shape index (κ1) is 16.1. The first-order valence-corrected chi connectivity index (χ1v) is 8.45. The van der Waals surface area contributed by atoms with Gasteiger partial charge in [0.2, 0.25) is 5.91 Å². The fourth-order valence-corrected chi connectivity index (χ4v) is 3.16. The maximum absolute atomic E-state index is 12.9. The first-order valence-electron chi connectivity index (χ1n) is 8.45. The van der Waals surface area contributed by atoms with E-state index >= 15 is 0 Å². The van der Waals surface area contributed by atoms with E-state index in [1.165, 1.54) is 4.57 Å². The second kappa shape index (κ2) is 6.48. The van der Waals surface area contributed by atoms with Crippen molar-refractivity contribution < 1.29 is 4.79 Å². The quantitative estimate of drug-likeness (QED) is 0.617. The third kappa shape index (κ3) is 2.65. The Morgan fingerprint density at radius 3 is 2.65 bits per heavy atom. The molecule has 0 aliphatic heterocycles. The molecule has 4 aromatic rings. The summed E-state index contributed by atoms with van der Waals surface area (Å²) in [5, 5.41) is 2.90. The van der Waals surface area contributed by atoms with Crippen LogP contribution in [0, 0.1) is 0 Å². The number of fused-ring (bicyclic) bond motifs is 3. The molecule has 0 aliphatic carbocycles. The summed E-state index contributed by atoms with van der Waals surface area (Å²) in [6.45, 7) is 2.13. The molecule has 26 heavy (non-hydrogen) atoms. The van der Waals surface area contributed by atoms with Crippen LogP contribution in [0.25, 0.3) is 16.7 Å². The Bertz CT molecular complexity index is 1140. The summed E-state index contributed by atoms with van der Waals surface area (Å²) in [7, 11) is 0. The molecule has 1 atom stereocenters. The number of rotatable bonds is 4. The molecular weight excluding hydrogens is 328 g/mol. The maximum Gasteiger partial charge on any atom is 0.277 e. The van der Waals surface area contributed by atoms with Crippen molar-refractivity contribution in [2.45, 2.75) is 19.5 Å². The Morgan fingerprint density at radius 2 is 1.85 bits per heavy atom. The van der Waals surface area contributed by atoms with Crippen LogP contribution in [0.1, 0.15) is 18.5 Å². The average Bonchev–Trinajstić information content (AvgIpc) is 3.17. The zero-order valence-corrected chi connectivity index (χ0v) is 14.3. The topological polar surface area (TPSA) is 68.4 Å². The van der Waals surface area contributed by atoms with E-state index in [1.807, 2.05) is 54.7 Å². The summed E-state index contributed by atoms with van der Waals surface area (Å²) in [6.07, 6.45) is 3.45. The van der Waals surface area contributed by atoms with Gasteiger partial charge >= 0.3 is 0 Å². The standard InChI is InChI=1S/C20H18N4O2/c1-14(19(25)22-13-15-7-3-2-4-8-15)24-18-16(9-5-11-21-18)23-12-6-10-17(23)20(24)26/h2-12,14H,13H2,1H3,(H,22,25). The summed E-state index contributed by atoms with van der Waals surface area (Å²) >= 11 is 0. The number of pyridine rings is 1. The molecule has 0 fully saturated rings. The van der Waals surface area contributed by atoms with Crippen LogP contribution in [0.15, 0.2) is 71.8 Å². The van der Waals surface area contributed by atoms with Gasteiger partial charge in [0.25, 0.3) is 5.56 Å². The molecule has 1 amide bonds. The highest BCUT2D eigenvalue weighted by Crippen LogP contribution is 2.16. The molecule has 1 N–H and O–H groups in total. The fourth-order valence-electron chi connectivity index (χ4n) is 3.16. The van der Waals surface area contributed by atoms with Gasteiger partial charge in [-0.05, 0) is 36.8 Å². The Labute approximate surface area is 149 Å². The van der Waals surface area contributed by atoms with Crippen molar-refractivity contribution in [2.75, 3.05) is 0 Å². The molecule has 3 aromatic heterocycles. The van der Waals surface area contributed by atoms with Gasteiger partial charge in [0.1, 0.15) is 11.6 Å². The van der Waals surface area contributed by atoms with E-state index in [0.717, 1.165) is 11.1 Å². The molecule has 6 heteroatoms. The van der Waals surface area contributed by atoms with Crippen molar-refractivity contribution in [2.24, 2.45) is 0 Å². The van der Waals surface area contributed by atoms with Gasteiger partial charge in [0.05, 0.1) is 5.52 Å². The van der Waals surface area contributed by atoms with Crippen LogP contribution in [-0.2, 0) is 11.3 Å². The van der Waals surface area contributed by atoms with Gasteiger partial charge in [-0.2, -0.15) is 0 Å². The monoisotopic (exact) mass is 346 g/mol. The molecule has 0 bridgehead atoms. The largest absolute Gasteiger partial charge is 0.350 e. The van der Waals surface area contributed by atoms with Crippen LogP contribution >= 0.6 is 0 Å². The normalized spacial score (nSPS) is 12.3. The lowest BCUT2D eigenvalue weighted by Gasteiger charge is -2.18. The smallest absolute Gasteiger partial charge is 0.277 e. The first-order chi connectivity index (χ1) is 12.7. The van der Waals surface area contributed by atoms with Crippen molar-refractivity contribution in [3.05, 3.63) is 82.9 Å². The molecule has 1 aromatic carbocycles. The van der Waals surface area contributed by atoms with E-state index in [2.05, 4.69) is 10.3 Å². The van der Waals surface area contributed by atoms with Crippen LogP contribution in [0.4, 0.5) is 0 Å². The second-order valence-electron chi connectivity index (χ2n) is 6.16. The highest BCUT2D eigenvalue weighted by Gasteiger charge is 2.21. The molecule has 1 unspecified atom stereocenters. The number of carbonyl (C=O) groups excluding carboxylic acids is 1. The van der Waals surface area contributed by atoms with Crippen molar-refractivity contribution in [1.82, 2.24) is 19.3 Å². The number of aromatic nitrogens is 3. The lowest BCUT2D eigenvalue weighted by Crippen LogP contribution is -2.36. The fraction of sp³-hybridized carbons (Fsp3) is 0.150. The molecule has 130 valence electrons. The number of nitrogens with zero attached hydrogens (tertiary/aromatic N) is 3. The number of benzene rings is 1. The van der Waals surface area contributed by atoms with Crippen molar-refractivity contribution in [3.8, 4) is 0 Å². The zero-order valence-electron chi connectivity index (χ0n) is 14.3. The maximum atomic E-state index is 12.9. The highest BCUT2D eigenvalue weighted by molar-refractivity contribution is 5.83. The number of hydrogen-bond donors (Lipinski definition) is 1. The van der Waals surface area contributed by atoms with Crippen molar-refractivity contribution >= 4 is 22.6 Å². The number of nitrogens with one attached hydrogen (secondary N) is 1. The van der Waals surface area contributed by atoms with Crippen LogP contribution in [0.3, 0.4) is 0 Å². The average molecular weight is 346 g/mol. The van der Waals surface area contributed by atoms with E-state index in [1.54, 1.807) is 23.6 Å². The van der Waals surface area contributed by atoms with E-state index < -0.39 is 6.04 Å². The van der Waals surface area contributed by atoms with Gasteiger partial charge in [-0.3, -0.25) is 14.2 Å². The summed E-state index contributed by atoms with van der Waals surface area (Å²) in [6, 6.07) is 16.3. The Morgan fingerprint density at radius 1 is 1.08 bits per heavy atom. The van der Waals surface area contributed by atoms with Gasteiger partial charge in [0, 0.05) is 18.9 Å². The predicted octanol–water partition coefficient (Wildman–Crippen LogP) is 2.53. The second-order valence-corrected chi connectivity index (χ2v) is 6.16. The Hall–Kier alpha value is -3.41. The number of amides is 1. The van der Waals surface area contributed by atoms with Gasteiger partial charge < -0.3 is 9.72 Å². The lowest BCUT2D eigenvalue weighted by atomic mass is 10.2. The SMILES string of the molecule is CC(C(=O)NCc1ccccc1)n1c(=O)c2cccn2c2cccnc21. The highest BCUT2D eigenvalue weighted by atomic mass is 16.2. The van der Waals surface area contributed by atoms with Gasteiger partial charge in [-0.1, -0.05) is 30.3 Å². The summed E-state index contributed by atoms with van der Waals surface area (Å²) < 4.78 is 3.26. The van der Waals surface area contributed by atoms with Gasteiger partial charge in [0.15, 0.2) is 5.65 Å². The van der Waals surface area contributed by atoms with E-state index in [9.17, 15) is 9.59 Å². The minimum Gasteiger partial charge on any atom is -0.350 e. The van der Waals surface area contributed by atoms with Gasteiger partial charge in [-0.15, -0.1) is 0 Å². The molecular formula is C20H18N4O2. The molecule has 3 heterocycles. The predicted molar refractivity (Wildman–Crippen MR) is 100.0 cm³/mol. The Kier molecular flexibility index (Phi) is 4.01. The van der Waals surface area contributed by atoms with E-state index in [0.29, 0.717) is 17.7 Å². The zero-order chi connectivity index (χ0) is 18.1. The molecule has 6 nitrogen and oxygen atoms in total. The molecule has 0 saturated heterocycles. The minimum absolute atomic E-state index is 0.223. The molecule has 0 saturated carbocycles. The summed E-state index contributed by atoms with van der Waals surface area (Å²) in [5.41, 5.74) is 2.57. The van der Waals surface area contributed by atoms with Crippen molar-refractivity contribution in [3.63, 3.8) is 0 Å². The number of hydrogen-bond acceptors (Lipinski definition) is 3. The van der Waals surface area contributed by atoms with Crippen LogP contribution in [0.2, 0.25) is 0 Å².